The van der Waals surface area contributed by atoms with E-state index in [-0.39, 0.29) is 18.3 Å². The number of fused-ring (bicyclic) bond motifs is 1. The molecular formula is C29H25FN2O4. The summed E-state index contributed by atoms with van der Waals surface area (Å²) in [6.45, 7) is 0.0950. The molecular weight excluding hydrogens is 459 g/mol. The smallest absolute Gasteiger partial charge is 0.262 e. The highest BCUT2D eigenvalue weighted by atomic mass is 19.1. The van der Waals surface area contributed by atoms with Crippen LogP contribution in [0.2, 0.25) is 0 Å². The van der Waals surface area contributed by atoms with E-state index in [1.807, 2.05) is 60.7 Å². The third-order valence-corrected chi connectivity index (χ3v) is 6.12. The molecule has 36 heavy (non-hydrogen) atoms. The molecule has 0 fully saturated rings. The molecule has 1 atom stereocenters. The van der Waals surface area contributed by atoms with Crippen molar-refractivity contribution < 1.29 is 23.4 Å². The summed E-state index contributed by atoms with van der Waals surface area (Å²) in [5, 5.41) is 3.50. The maximum absolute atomic E-state index is 14.1. The topological polar surface area (TPSA) is 60.0 Å². The maximum Gasteiger partial charge on any atom is 0.262 e. The van der Waals surface area contributed by atoms with Gasteiger partial charge in [-0.3, -0.25) is 9.69 Å². The molecule has 1 aliphatic rings. The zero-order valence-electron chi connectivity index (χ0n) is 19.9. The molecule has 0 saturated heterocycles. The minimum absolute atomic E-state index is 0.0950. The van der Waals surface area contributed by atoms with E-state index in [9.17, 15) is 9.18 Å². The highest BCUT2D eigenvalue weighted by Crippen LogP contribution is 2.38. The number of methoxy groups -OCH3 is 2. The molecule has 182 valence electrons. The Bertz CT molecular complexity index is 1390. The van der Waals surface area contributed by atoms with Crippen molar-refractivity contribution in [2.75, 3.05) is 24.4 Å². The zero-order chi connectivity index (χ0) is 25.1. The zero-order valence-corrected chi connectivity index (χ0v) is 19.9. The lowest BCUT2D eigenvalue weighted by atomic mass is 10.0. The first kappa shape index (κ1) is 23.2. The van der Waals surface area contributed by atoms with Crippen molar-refractivity contribution in [3.05, 3.63) is 114 Å². The molecule has 1 amide bonds. The largest absolute Gasteiger partial charge is 0.497 e. The molecule has 4 aromatic carbocycles. The van der Waals surface area contributed by atoms with Gasteiger partial charge in [-0.15, -0.1) is 0 Å². The molecule has 0 radical (unpaired) electrons. The quantitative estimate of drug-likeness (QED) is 0.339. The summed E-state index contributed by atoms with van der Waals surface area (Å²) in [4.78, 5) is 15.4. The Balaban J connectivity index is 1.54. The summed E-state index contributed by atoms with van der Waals surface area (Å²) < 4.78 is 30.7. The Morgan fingerprint density at radius 1 is 0.861 bits per heavy atom. The van der Waals surface area contributed by atoms with E-state index in [0.717, 1.165) is 16.8 Å². The minimum Gasteiger partial charge on any atom is -0.497 e. The summed E-state index contributed by atoms with van der Waals surface area (Å²) in [7, 11) is 3.17. The molecule has 1 heterocycles. The average molecular weight is 485 g/mol. The number of rotatable bonds is 7. The molecule has 0 aliphatic carbocycles. The third kappa shape index (κ3) is 4.43. The van der Waals surface area contributed by atoms with Crippen LogP contribution in [0, 0.1) is 5.82 Å². The summed E-state index contributed by atoms with van der Waals surface area (Å²) >= 11 is 0. The SMILES string of the molecule is COc1ccc(N2C(=O)c3ccccc3N[C@@H]2c2ccc(OC)c(COc3ccccc3F)c2)cc1. The van der Waals surface area contributed by atoms with Gasteiger partial charge < -0.3 is 19.5 Å². The van der Waals surface area contributed by atoms with Gasteiger partial charge in [0.05, 0.1) is 19.8 Å². The summed E-state index contributed by atoms with van der Waals surface area (Å²) in [6.07, 6.45) is -0.501. The van der Waals surface area contributed by atoms with Crippen molar-refractivity contribution in [3.63, 3.8) is 0 Å². The number of carbonyl (C=O) groups excluding carboxylic acids is 1. The van der Waals surface area contributed by atoms with Crippen molar-refractivity contribution in [3.8, 4) is 17.2 Å². The summed E-state index contributed by atoms with van der Waals surface area (Å²) in [5.41, 5.74) is 3.59. The number of nitrogens with one attached hydrogen (secondary N) is 1. The number of hydrogen-bond acceptors (Lipinski definition) is 5. The van der Waals surface area contributed by atoms with Crippen LogP contribution in [0.3, 0.4) is 0 Å². The minimum atomic E-state index is -0.501. The fourth-order valence-corrected chi connectivity index (χ4v) is 4.29. The number of carbonyl (C=O) groups is 1. The van der Waals surface area contributed by atoms with Gasteiger partial charge >= 0.3 is 0 Å². The van der Waals surface area contributed by atoms with Crippen LogP contribution in [0.5, 0.6) is 17.2 Å². The van der Waals surface area contributed by atoms with Crippen LogP contribution >= 0.6 is 0 Å². The van der Waals surface area contributed by atoms with Crippen LogP contribution in [0.4, 0.5) is 15.8 Å². The van der Waals surface area contributed by atoms with E-state index in [1.54, 1.807) is 43.4 Å². The first-order valence-electron chi connectivity index (χ1n) is 11.5. The predicted molar refractivity (Wildman–Crippen MR) is 136 cm³/mol. The van der Waals surface area contributed by atoms with E-state index < -0.39 is 12.0 Å². The van der Waals surface area contributed by atoms with E-state index in [1.165, 1.54) is 6.07 Å². The lowest BCUT2D eigenvalue weighted by molar-refractivity contribution is 0.0975. The van der Waals surface area contributed by atoms with Gasteiger partial charge in [-0.05, 0) is 66.2 Å². The van der Waals surface area contributed by atoms with Gasteiger partial charge in [0.15, 0.2) is 11.6 Å². The Morgan fingerprint density at radius 3 is 2.36 bits per heavy atom. The Hall–Kier alpha value is -4.52. The van der Waals surface area contributed by atoms with Gasteiger partial charge in [0.1, 0.15) is 24.3 Å². The van der Waals surface area contributed by atoms with Crippen LogP contribution in [-0.2, 0) is 6.61 Å². The van der Waals surface area contributed by atoms with Gasteiger partial charge in [-0.25, -0.2) is 4.39 Å². The Kier molecular flexibility index (Phi) is 6.45. The van der Waals surface area contributed by atoms with Crippen molar-refractivity contribution in [2.24, 2.45) is 0 Å². The lowest BCUT2D eigenvalue weighted by Crippen LogP contribution is -2.43. The number of ether oxygens (including phenoxy) is 3. The van der Waals surface area contributed by atoms with Crippen LogP contribution in [-0.4, -0.2) is 20.1 Å². The number of benzene rings is 4. The first-order chi connectivity index (χ1) is 17.6. The number of halogens is 1. The highest BCUT2D eigenvalue weighted by Gasteiger charge is 2.34. The number of hydrogen-bond donors (Lipinski definition) is 1. The third-order valence-electron chi connectivity index (χ3n) is 6.12. The Morgan fingerprint density at radius 2 is 1.61 bits per heavy atom. The van der Waals surface area contributed by atoms with E-state index in [2.05, 4.69) is 5.32 Å². The van der Waals surface area contributed by atoms with Gasteiger partial charge in [0, 0.05) is 16.9 Å². The second kappa shape index (κ2) is 10.00. The molecule has 0 spiro atoms. The number of para-hydroxylation sites is 2. The molecule has 7 heteroatoms. The fourth-order valence-electron chi connectivity index (χ4n) is 4.29. The van der Waals surface area contributed by atoms with Crippen molar-refractivity contribution in [1.82, 2.24) is 0 Å². The van der Waals surface area contributed by atoms with Crippen LogP contribution < -0.4 is 24.4 Å². The molecule has 0 unspecified atom stereocenters. The van der Waals surface area contributed by atoms with Crippen molar-refractivity contribution in [2.45, 2.75) is 12.8 Å². The van der Waals surface area contributed by atoms with Crippen LogP contribution in [0.1, 0.15) is 27.7 Å². The number of anilines is 2. The normalized spacial score (nSPS) is 14.6. The molecule has 1 N–H and O–H groups in total. The highest BCUT2D eigenvalue weighted by molar-refractivity contribution is 6.12. The summed E-state index contributed by atoms with van der Waals surface area (Å²) in [6, 6.07) is 26.7. The molecule has 0 aromatic heterocycles. The molecule has 0 bridgehead atoms. The van der Waals surface area contributed by atoms with Gasteiger partial charge in [0.25, 0.3) is 5.91 Å². The molecule has 6 nitrogen and oxygen atoms in total. The van der Waals surface area contributed by atoms with Gasteiger partial charge in [-0.2, -0.15) is 0 Å². The first-order valence-corrected chi connectivity index (χ1v) is 11.5. The number of amides is 1. The number of nitrogens with zero attached hydrogens (tertiary/aromatic N) is 1. The van der Waals surface area contributed by atoms with Gasteiger partial charge in [0.2, 0.25) is 0 Å². The standard InChI is InChI=1S/C29H25FN2O4/c1-34-22-14-12-21(13-15-22)32-28(31-25-9-5-3-7-23(25)29(32)33)19-11-16-26(35-2)20(17-19)18-36-27-10-6-4-8-24(27)30/h3-17,28,31H,18H2,1-2H3/t28-/m0/s1. The van der Waals surface area contributed by atoms with Gasteiger partial charge in [-0.1, -0.05) is 30.3 Å². The maximum atomic E-state index is 14.1. The van der Waals surface area contributed by atoms with E-state index in [4.69, 9.17) is 14.2 Å². The monoisotopic (exact) mass is 484 g/mol. The summed E-state index contributed by atoms with van der Waals surface area (Å²) in [5.74, 6) is 0.900. The van der Waals surface area contributed by atoms with E-state index in [0.29, 0.717) is 22.7 Å². The average Bonchev–Trinajstić information content (AvgIpc) is 2.92. The molecule has 1 aliphatic heterocycles. The van der Waals surface area contributed by atoms with Crippen LogP contribution in [0.15, 0.2) is 91.0 Å². The van der Waals surface area contributed by atoms with E-state index >= 15 is 0 Å². The lowest BCUT2D eigenvalue weighted by Gasteiger charge is -2.38. The van der Waals surface area contributed by atoms with Crippen molar-refractivity contribution in [1.29, 1.82) is 0 Å². The van der Waals surface area contributed by atoms with Crippen molar-refractivity contribution >= 4 is 17.3 Å². The Labute approximate surface area is 208 Å². The molecule has 5 rings (SSSR count). The molecule has 4 aromatic rings. The molecule has 0 saturated carbocycles. The predicted octanol–water partition coefficient (Wildman–Crippen LogP) is 6.19. The second-order valence-corrected chi connectivity index (χ2v) is 8.26. The van der Waals surface area contributed by atoms with Crippen LogP contribution in [0.25, 0.3) is 0 Å². The fraction of sp³-hybridized carbons (Fsp3) is 0.138. The second-order valence-electron chi connectivity index (χ2n) is 8.26.